The number of amides is 2. The van der Waals surface area contributed by atoms with Crippen LogP contribution in [0.5, 0.6) is 0 Å². The third kappa shape index (κ3) is 5.06. The third-order valence-corrected chi connectivity index (χ3v) is 4.20. The Morgan fingerprint density at radius 2 is 1.96 bits per heavy atom. The van der Waals surface area contributed by atoms with Crippen LogP contribution in [0.4, 0.5) is 5.69 Å². The number of carbonyl (C=O) groups excluding carboxylic acids is 2. The largest absolute Gasteiger partial charge is 0.393 e. The molecule has 0 radical (unpaired) electrons. The Hall–Kier alpha value is -2.34. The summed E-state index contributed by atoms with van der Waals surface area (Å²) in [4.78, 5) is 23.9. The molecule has 1 atom stereocenters. The number of benzene rings is 1. The van der Waals surface area contributed by atoms with Crippen LogP contribution in [0.2, 0.25) is 0 Å². The second kappa shape index (κ2) is 8.67. The van der Waals surface area contributed by atoms with E-state index in [0.717, 1.165) is 23.9 Å². The van der Waals surface area contributed by atoms with Gasteiger partial charge in [-0.3, -0.25) is 9.59 Å². The van der Waals surface area contributed by atoms with E-state index in [1.165, 1.54) is 0 Å². The molecule has 0 spiro atoms. The predicted molar refractivity (Wildman–Crippen MR) is 99.3 cm³/mol. The van der Waals surface area contributed by atoms with Gasteiger partial charge < -0.3 is 20.3 Å². The lowest BCUT2D eigenvalue weighted by atomic mass is 10.0. The first-order valence-electron chi connectivity index (χ1n) is 8.78. The van der Waals surface area contributed by atoms with Gasteiger partial charge in [-0.25, -0.2) is 0 Å². The van der Waals surface area contributed by atoms with Gasteiger partial charge in [-0.2, -0.15) is 0 Å². The Bertz CT molecular complexity index is 737. The molecule has 0 aliphatic carbocycles. The number of anilines is 1. The molecule has 1 aromatic heterocycles. The van der Waals surface area contributed by atoms with Crippen molar-refractivity contribution in [1.82, 2.24) is 9.88 Å². The van der Waals surface area contributed by atoms with E-state index >= 15 is 0 Å². The van der Waals surface area contributed by atoms with Crippen molar-refractivity contribution < 1.29 is 14.7 Å². The number of aromatic nitrogens is 1. The van der Waals surface area contributed by atoms with Gasteiger partial charge in [0.2, 0.25) is 0 Å². The Morgan fingerprint density at radius 3 is 2.64 bits per heavy atom. The minimum atomic E-state index is -0.702. The lowest BCUT2D eigenvalue weighted by Crippen LogP contribution is -2.37. The monoisotopic (exact) mass is 345 g/mol. The van der Waals surface area contributed by atoms with Crippen molar-refractivity contribution in [2.45, 2.75) is 46.3 Å². The zero-order valence-corrected chi connectivity index (χ0v) is 15.1. The number of hydrogen-bond donors (Lipinski definition) is 3. The maximum atomic E-state index is 12.0. The van der Waals surface area contributed by atoms with Crippen molar-refractivity contribution in [3.05, 3.63) is 30.5 Å². The Morgan fingerprint density at radius 1 is 1.20 bits per heavy atom. The molecule has 6 nitrogen and oxygen atoms in total. The molecular weight excluding hydrogens is 318 g/mol. The molecule has 0 saturated carbocycles. The second-order valence-electron chi connectivity index (χ2n) is 6.59. The first kappa shape index (κ1) is 19.0. The molecule has 2 rings (SSSR count). The molecule has 3 N–H and O–H groups in total. The van der Waals surface area contributed by atoms with Crippen molar-refractivity contribution in [2.75, 3.05) is 11.9 Å². The van der Waals surface area contributed by atoms with Crippen LogP contribution >= 0.6 is 0 Å². The summed E-state index contributed by atoms with van der Waals surface area (Å²) in [5, 5.41) is 16.0. The Labute approximate surface area is 148 Å². The topological polar surface area (TPSA) is 83.4 Å². The molecule has 0 fully saturated rings. The molecule has 0 bridgehead atoms. The van der Waals surface area contributed by atoms with E-state index in [1.807, 2.05) is 38.2 Å². The van der Waals surface area contributed by atoms with E-state index < -0.39 is 17.9 Å². The lowest BCUT2D eigenvalue weighted by molar-refractivity contribution is -0.136. The molecule has 1 aromatic carbocycles. The van der Waals surface area contributed by atoms with Gasteiger partial charge in [0.1, 0.15) is 0 Å². The number of nitrogens with one attached hydrogen (secondary N) is 2. The molecule has 0 aliphatic heterocycles. The zero-order valence-electron chi connectivity index (χ0n) is 15.1. The lowest BCUT2D eigenvalue weighted by Gasteiger charge is -2.14. The van der Waals surface area contributed by atoms with E-state index in [2.05, 4.69) is 22.1 Å². The summed E-state index contributed by atoms with van der Waals surface area (Å²) >= 11 is 0. The summed E-state index contributed by atoms with van der Waals surface area (Å²) in [6.45, 7) is 7.09. The summed E-state index contributed by atoms with van der Waals surface area (Å²) in [5.74, 6) is -1.27. The average Bonchev–Trinajstić information content (AvgIpc) is 2.97. The normalized spacial score (nSPS) is 12.4. The molecule has 1 unspecified atom stereocenters. The molecule has 0 saturated heterocycles. The van der Waals surface area contributed by atoms with Gasteiger partial charge in [-0.1, -0.05) is 26.8 Å². The molecule has 1 heterocycles. The molecule has 2 aromatic rings. The van der Waals surface area contributed by atoms with Crippen molar-refractivity contribution in [1.29, 1.82) is 0 Å². The van der Waals surface area contributed by atoms with Crippen molar-refractivity contribution in [3.8, 4) is 0 Å². The van der Waals surface area contributed by atoms with Crippen molar-refractivity contribution in [3.63, 3.8) is 0 Å². The highest BCUT2D eigenvalue weighted by atomic mass is 16.3. The first-order valence-corrected chi connectivity index (χ1v) is 8.78. The zero-order chi connectivity index (χ0) is 18.4. The van der Waals surface area contributed by atoms with E-state index in [1.54, 1.807) is 6.07 Å². The first-order chi connectivity index (χ1) is 11.9. The molecule has 6 heteroatoms. The fourth-order valence-corrected chi connectivity index (χ4v) is 2.63. The number of hydrogen-bond acceptors (Lipinski definition) is 3. The third-order valence-electron chi connectivity index (χ3n) is 4.20. The molecule has 0 aliphatic rings. The van der Waals surface area contributed by atoms with E-state index in [9.17, 15) is 14.7 Å². The summed E-state index contributed by atoms with van der Waals surface area (Å²) < 4.78 is 2.12. The predicted octanol–water partition coefficient (Wildman–Crippen LogP) is 2.51. The van der Waals surface area contributed by atoms with E-state index in [4.69, 9.17) is 0 Å². The van der Waals surface area contributed by atoms with Gasteiger partial charge in [-0.05, 0) is 42.3 Å². The van der Waals surface area contributed by atoms with E-state index in [0.29, 0.717) is 12.1 Å². The number of rotatable bonds is 7. The Balaban J connectivity index is 1.94. The van der Waals surface area contributed by atoms with Gasteiger partial charge >= 0.3 is 11.8 Å². The van der Waals surface area contributed by atoms with Gasteiger partial charge in [0, 0.05) is 25.0 Å². The van der Waals surface area contributed by atoms with E-state index in [-0.39, 0.29) is 12.5 Å². The van der Waals surface area contributed by atoms with Crippen LogP contribution in [0.3, 0.4) is 0 Å². The van der Waals surface area contributed by atoms with Crippen LogP contribution in [-0.4, -0.2) is 34.1 Å². The molecular formula is C19H27N3O3. The van der Waals surface area contributed by atoms with Crippen molar-refractivity contribution in [2.24, 2.45) is 5.92 Å². The fourth-order valence-electron chi connectivity index (χ4n) is 2.63. The smallest absolute Gasteiger partial charge is 0.313 e. The number of aliphatic hydroxyl groups excluding tert-OH is 1. The van der Waals surface area contributed by atoms with Gasteiger partial charge in [0.05, 0.1) is 11.6 Å². The number of aryl methyl sites for hydroxylation is 1. The summed E-state index contributed by atoms with van der Waals surface area (Å²) in [6, 6.07) is 7.61. The van der Waals surface area contributed by atoms with Crippen LogP contribution in [0.1, 0.15) is 33.6 Å². The van der Waals surface area contributed by atoms with Gasteiger partial charge in [0.15, 0.2) is 0 Å². The summed E-state index contributed by atoms with van der Waals surface area (Å²) in [6.07, 6.45) is 2.97. The minimum absolute atomic E-state index is 0.122. The van der Waals surface area contributed by atoms with Crippen LogP contribution in [0.15, 0.2) is 30.5 Å². The molecule has 2 amide bonds. The maximum absolute atomic E-state index is 12.0. The van der Waals surface area contributed by atoms with Crippen LogP contribution in [0.25, 0.3) is 10.9 Å². The average molecular weight is 345 g/mol. The number of aliphatic hydroxyl groups is 1. The quantitative estimate of drug-likeness (QED) is 0.674. The Kier molecular flexibility index (Phi) is 6.58. The minimum Gasteiger partial charge on any atom is -0.393 e. The fraction of sp³-hybridized carbons (Fsp3) is 0.474. The number of nitrogens with zero attached hydrogens (tertiary/aromatic N) is 1. The second-order valence-corrected chi connectivity index (χ2v) is 6.59. The highest BCUT2D eigenvalue weighted by Gasteiger charge is 2.15. The summed E-state index contributed by atoms with van der Waals surface area (Å²) in [7, 11) is 0. The maximum Gasteiger partial charge on any atom is 0.313 e. The van der Waals surface area contributed by atoms with Gasteiger partial charge in [-0.15, -0.1) is 0 Å². The van der Waals surface area contributed by atoms with Gasteiger partial charge in [0.25, 0.3) is 0 Å². The van der Waals surface area contributed by atoms with Crippen molar-refractivity contribution >= 4 is 28.4 Å². The van der Waals surface area contributed by atoms with Crippen LogP contribution in [-0.2, 0) is 16.1 Å². The number of carbonyl (C=O) groups is 2. The number of fused-ring (bicyclic) bond motifs is 1. The highest BCUT2D eigenvalue weighted by Crippen LogP contribution is 2.21. The molecule has 136 valence electrons. The highest BCUT2D eigenvalue weighted by molar-refractivity contribution is 6.39. The summed E-state index contributed by atoms with van der Waals surface area (Å²) in [5.41, 5.74) is 1.62. The van der Waals surface area contributed by atoms with Crippen LogP contribution < -0.4 is 10.6 Å². The molecule has 25 heavy (non-hydrogen) atoms. The SMILES string of the molecule is CCCn1ccc2ccc(NC(=O)C(=O)NCCC(O)C(C)C)cc21. The van der Waals surface area contributed by atoms with Crippen LogP contribution in [0, 0.1) is 5.92 Å². The standard InChI is InChI=1S/C19H27N3O3/c1-4-10-22-11-8-14-5-6-15(12-16(14)22)21-19(25)18(24)20-9-7-17(23)13(2)3/h5-6,8,11-13,17,23H,4,7,9-10H2,1-3H3,(H,20,24)(H,21,25).